The molecule has 0 spiro atoms. The average Bonchev–Trinajstić information content (AvgIpc) is 3.48. The van der Waals surface area contributed by atoms with Crippen molar-refractivity contribution < 1.29 is 23.4 Å². The summed E-state index contributed by atoms with van der Waals surface area (Å²) in [6, 6.07) is 28.7. The number of hydrogen-bond acceptors (Lipinski definition) is 7. The molecule has 1 heterocycles. The highest BCUT2D eigenvalue weighted by Gasteiger charge is 2.50. The quantitative estimate of drug-likeness (QED) is 0.0924. The van der Waals surface area contributed by atoms with E-state index in [2.05, 4.69) is 100 Å². The van der Waals surface area contributed by atoms with Crippen LogP contribution in [-0.2, 0) is 14.8 Å². The van der Waals surface area contributed by atoms with Gasteiger partial charge in [0.25, 0.3) is 0 Å². The highest BCUT2D eigenvalue weighted by molar-refractivity contribution is 6.77. The third kappa shape index (κ3) is 7.31. The number of aromatic nitrogens is 2. The average molecular weight is 669 g/mol. The normalized spacial score (nSPS) is 18.4. The lowest BCUT2D eigenvalue weighted by Gasteiger charge is -2.45. The van der Waals surface area contributed by atoms with Crippen LogP contribution in [0, 0.1) is 5.92 Å². The monoisotopic (exact) mass is 668 g/mol. The first-order valence-electron chi connectivity index (χ1n) is 17.2. The van der Waals surface area contributed by atoms with E-state index < -0.39 is 13.9 Å². The van der Waals surface area contributed by atoms with Crippen molar-refractivity contribution in [2.45, 2.75) is 88.8 Å². The molecule has 8 heteroatoms. The molecule has 3 aromatic carbocycles. The van der Waals surface area contributed by atoms with Gasteiger partial charge in [-0.05, 0) is 64.0 Å². The molecule has 3 atom stereocenters. The number of nitrogens with zero attached hydrogens (tertiary/aromatic N) is 2. The Morgan fingerprint density at radius 2 is 1.25 bits per heavy atom. The Morgan fingerprint density at radius 3 is 1.73 bits per heavy atom. The van der Waals surface area contributed by atoms with Crippen molar-refractivity contribution in [2.24, 2.45) is 5.92 Å². The molecule has 1 aliphatic carbocycles. The molecule has 0 amide bonds. The molecule has 48 heavy (non-hydrogen) atoms. The molecule has 1 fully saturated rings. The molecular weight excluding hydrogens is 617 g/mol. The van der Waals surface area contributed by atoms with E-state index in [0.717, 1.165) is 41.0 Å². The van der Waals surface area contributed by atoms with Crippen molar-refractivity contribution in [3.8, 4) is 17.4 Å². The van der Waals surface area contributed by atoms with E-state index >= 15 is 0 Å². The lowest BCUT2D eigenvalue weighted by Crippen LogP contribution is -2.51. The molecule has 5 rings (SSSR count). The fraction of sp³-hybridized carbons (Fsp3) is 0.450. The molecule has 0 aliphatic heterocycles. The van der Waals surface area contributed by atoms with Gasteiger partial charge in [0.05, 0.1) is 26.9 Å². The van der Waals surface area contributed by atoms with Gasteiger partial charge in [-0.25, -0.2) is 9.97 Å². The van der Waals surface area contributed by atoms with Gasteiger partial charge in [0, 0.05) is 24.6 Å². The molecule has 1 aliphatic rings. The van der Waals surface area contributed by atoms with Crippen molar-refractivity contribution in [3.05, 3.63) is 114 Å². The molecule has 0 saturated heterocycles. The minimum absolute atomic E-state index is 0.0177. The molecular formula is C40H52N2O5Si. The molecule has 0 radical (unpaired) electrons. The molecule has 0 unspecified atom stereocenters. The smallest absolute Gasteiger partial charge is 0.216 e. The lowest BCUT2D eigenvalue weighted by molar-refractivity contribution is -0.0282. The summed E-state index contributed by atoms with van der Waals surface area (Å²) in [6.45, 7) is 14.5. The first-order valence-corrected chi connectivity index (χ1v) is 19.4. The third-order valence-electron chi connectivity index (χ3n) is 10.2. The van der Waals surface area contributed by atoms with Gasteiger partial charge >= 0.3 is 0 Å². The van der Waals surface area contributed by atoms with E-state index in [0.29, 0.717) is 29.1 Å². The van der Waals surface area contributed by atoms with Crippen LogP contribution in [0.4, 0.5) is 0 Å². The number of methoxy groups -OCH3 is 2. The summed E-state index contributed by atoms with van der Waals surface area (Å²) in [6.07, 6.45) is 4.76. The second-order valence-electron chi connectivity index (χ2n) is 13.8. The van der Waals surface area contributed by atoms with Crippen LogP contribution in [0.2, 0.25) is 16.6 Å². The van der Waals surface area contributed by atoms with E-state index in [9.17, 15) is 0 Å². The number of ether oxygens (including phenoxy) is 4. The van der Waals surface area contributed by atoms with Crippen LogP contribution < -0.4 is 14.2 Å². The largest absolute Gasteiger partial charge is 0.497 e. The fourth-order valence-corrected chi connectivity index (χ4v) is 13.6. The van der Waals surface area contributed by atoms with E-state index in [1.807, 2.05) is 36.4 Å². The van der Waals surface area contributed by atoms with Crippen LogP contribution in [-0.4, -0.2) is 51.3 Å². The summed E-state index contributed by atoms with van der Waals surface area (Å²) in [7, 11) is 1.17. The molecule has 0 N–H and O–H groups in total. The van der Waals surface area contributed by atoms with Crippen LogP contribution in [0.5, 0.6) is 17.4 Å². The van der Waals surface area contributed by atoms with Crippen molar-refractivity contribution in [1.29, 1.82) is 0 Å². The predicted octanol–water partition coefficient (Wildman–Crippen LogP) is 9.22. The van der Waals surface area contributed by atoms with E-state index in [-0.39, 0.29) is 18.1 Å². The maximum Gasteiger partial charge on any atom is 0.216 e. The Morgan fingerprint density at radius 1 is 0.708 bits per heavy atom. The molecule has 7 nitrogen and oxygen atoms in total. The zero-order chi connectivity index (χ0) is 34.3. The van der Waals surface area contributed by atoms with Crippen molar-refractivity contribution in [3.63, 3.8) is 0 Å². The summed E-state index contributed by atoms with van der Waals surface area (Å²) >= 11 is 0. The van der Waals surface area contributed by atoms with Gasteiger partial charge in [-0.3, -0.25) is 0 Å². The van der Waals surface area contributed by atoms with Gasteiger partial charge in [0.1, 0.15) is 29.5 Å². The zero-order valence-electron chi connectivity index (χ0n) is 29.8. The maximum absolute atomic E-state index is 7.52. The van der Waals surface area contributed by atoms with E-state index in [1.165, 1.54) is 6.33 Å². The summed E-state index contributed by atoms with van der Waals surface area (Å²) < 4.78 is 32.5. The molecule has 1 aromatic heterocycles. The number of rotatable bonds is 15. The van der Waals surface area contributed by atoms with Crippen LogP contribution in [0.1, 0.15) is 71.1 Å². The predicted molar refractivity (Wildman–Crippen MR) is 193 cm³/mol. The molecule has 4 aromatic rings. The van der Waals surface area contributed by atoms with Gasteiger partial charge in [0.15, 0.2) is 0 Å². The Hall–Kier alpha value is -3.72. The lowest BCUT2D eigenvalue weighted by atomic mass is 9.80. The van der Waals surface area contributed by atoms with Gasteiger partial charge in [-0.15, -0.1) is 0 Å². The number of hydrogen-bond donors (Lipinski definition) is 0. The maximum atomic E-state index is 7.52. The van der Waals surface area contributed by atoms with Crippen molar-refractivity contribution >= 4 is 8.32 Å². The number of benzene rings is 3. The second-order valence-corrected chi connectivity index (χ2v) is 19.2. The molecule has 1 saturated carbocycles. The summed E-state index contributed by atoms with van der Waals surface area (Å²) in [4.78, 5) is 8.44. The molecule has 256 valence electrons. The highest BCUT2D eigenvalue weighted by Crippen LogP contribution is 2.48. The zero-order valence-corrected chi connectivity index (χ0v) is 30.8. The van der Waals surface area contributed by atoms with Crippen molar-refractivity contribution in [1.82, 2.24) is 9.97 Å². The SMILES string of the molecule is COc1ccc(C(OC[C@H]2C[C@@H](Oc3ccncn3)C[C@@H]2O[Si](C(C)C)(C(C)C)C(C)C)(c2ccccc2)c2ccc(OC)cc2)cc1. The molecule has 0 bridgehead atoms. The van der Waals surface area contributed by atoms with E-state index in [1.54, 1.807) is 20.4 Å². The summed E-state index contributed by atoms with van der Waals surface area (Å²) in [5.41, 5.74) is 3.55. The summed E-state index contributed by atoms with van der Waals surface area (Å²) in [5, 5.41) is 0. The second kappa shape index (κ2) is 15.7. The van der Waals surface area contributed by atoms with Crippen LogP contribution >= 0.6 is 0 Å². The highest BCUT2D eigenvalue weighted by atomic mass is 28.4. The minimum Gasteiger partial charge on any atom is -0.497 e. The van der Waals surface area contributed by atoms with Gasteiger partial charge < -0.3 is 23.4 Å². The summed E-state index contributed by atoms with van der Waals surface area (Å²) in [5.74, 6) is 2.27. The van der Waals surface area contributed by atoms with Crippen LogP contribution in [0.15, 0.2) is 97.5 Å². The standard InChI is InChI=1S/C40H52N2O5Si/c1-28(2)48(29(3)4,30(5)6)47-38-25-37(46-39-22-23-41-27-42-39)24-31(38)26-45-40(32-12-10-9-11-13-32,33-14-18-35(43-7)19-15-33)34-16-20-36(44-8)21-17-34/h9-23,27-31,37-38H,24-26H2,1-8H3/t31-,37-,38+/m1/s1. The van der Waals surface area contributed by atoms with Gasteiger partial charge in [-0.1, -0.05) is 96.1 Å². The third-order valence-corrected chi connectivity index (χ3v) is 16.3. The topological polar surface area (TPSA) is 71.9 Å². The first-order chi connectivity index (χ1) is 23.1. The van der Waals surface area contributed by atoms with Crippen molar-refractivity contribution in [2.75, 3.05) is 20.8 Å². The van der Waals surface area contributed by atoms with Crippen LogP contribution in [0.3, 0.4) is 0 Å². The first kappa shape index (κ1) is 35.6. The Kier molecular flexibility index (Phi) is 11.6. The van der Waals surface area contributed by atoms with Crippen LogP contribution in [0.25, 0.3) is 0 Å². The minimum atomic E-state index is -2.21. The Labute approximate surface area is 288 Å². The Balaban J connectivity index is 1.57. The fourth-order valence-electron chi connectivity index (χ4n) is 7.95. The van der Waals surface area contributed by atoms with E-state index in [4.69, 9.17) is 23.4 Å². The Bertz CT molecular complexity index is 1480. The van der Waals surface area contributed by atoms with Gasteiger partial charge in [0.2, 0.25) is 14.2 Å². The van der Waals surface area contributed by atoms with Gasteiger partial charge in [-0.2, -0.15) is 0 Å².